The van der Waals surface area contributed by atoms with Crippen molar-refractivity contribution < 1.29 is 38.4 Å². The van der Waals surface area contributed by atoms with E-state index < -0.39 is 15.7 Å². The van der Waals surface area contributed by atoms with Gasteiger partial charge in [0, 0.05) is 12.1 Å². The molecule has 0 saturated carbocycles. The molecule has 0 aliphatic rings. The van der Waals surface area contributed by atoms with Gasteiger partial charge in [-0.05, 0) is 35.0 Å². The first kappa shape index (κ1) is 19.7. The summed E-state index contributed by atoms with van der Waals surface area (Å²) in [5.41, 5.74) is 0.661. The Morgan fingerprint density at radius 3 is 2.14 bits per heavy atom. The number of hydrogen-bond donors (Lipinski definition) is 1. The van der Waals surface area contributed by atoms with Crippen LogP contribution in [0.4, 0.5) is 0 Å². The summed E-state index contributed by atoms with van der Waals surface area (Å²) in [6, 6.07) is 22.0. The van der Waals surface area contributed by atoms with Gasteiger partial charge in [-0.25, -0.2) is 23.1 Å². The Balaban J connectivity index is 0.000000403. The van der Waals surface area contributed by atoms with Gasteiger partial charge in [-0.2, -0.15) is 0 Å². The van der Waals surface area contributed by atoms with Gasteiger partial charge in [0.2, 0.25) is 5.43 Å². The molecule has 0 bridgehead atoms. The minimum Gasteiger partial charge on any atom is -0.503 e. The van der Waals surface area contributed by atoms with Crippen molar-refractivity contribution in [2.24, 2.45) is 0 Å². The Hall–Kier alpha value is -3.07. The van der Waals surface area contributed by atoms with Crippen LogP contribution in [0.1, 0.15) is 0 Å². The predicted octanol–water partition coefficient (Wildman–Crippen LogP) is -0.156. The van der Waals surface area contributed by atoms with Gasteiger partial charge in [0.05, 0.1) is 5.39 Å². The Morgan fingerprint density at radius 1 is 0.750 bits per heavy atom. The molecule has 0 radical (unpaired) electrons. The van der Waals surface area contributed by atoms with Crippen molar-refractivity contribution in [2.45, 2.75) is 0 Å². The fourth-order valence-electron chi connectivity index (χ4n) is 2.78. The standard InChI is InChI=1S/C20H12O3.ClHO4/c21-17-8-4-3-7-16(20(17)22)19-12-10-15-14-6-2-1-5-13(14)9-11-18(15)23-19;2-1(3,4)5/h1-12H;(H,2,3,4,5). The lowest BCUT2D eigenvalue weighted by Gasteiger charge is -2.17. The zero-order valence-corrected chi connectivity index (χ0v) is 15.0. The average molecular weight is 401 g/mol. The zero-order valence-electron chi connectivity index (χ0n) is 14.2. The van der Waals surface area contributed by atoms with Gasteiger partial charge in [0.25, 0.3) is 0 Å². The molecule has 7 nitrogen and oxygen atoms in total. The summed E-state index contributed by atoms with van der Waals surface area (Å²) in [7, 11) is -4.94. The van der Waals surface area contributed by atoms with Crippen LogP contribution in [-0.2, 0) is 0 Å². The molecule has 0 aliphatic carbocycles. The molecule has 0 saturated heterocycles. The quantitative estimate of drug-likeness (QED) is 0.345. The molecule has 1 N–H and O–H groups in total. The number of benzene rings is 2. The van der Waals surface area contributed by atoms with Crippen LogP contribution in [0.25, 0.3) is 33.1 Å². The molecule has 3 aromatic carbocycles. The van der Waals surface area contributed by atoms with Gasteiger partial charge >= 0.3 is 11.3 Å². The molecule has 8 heteroatoms. The normalized spacial score (nSPS) is 11.1. The summed E-state index contributed by atoms with van der Waals surface area (Å²) < 4.78 is 39.9. The molecule has 142 valence electrons. The van der Waals surface area contributed by atoms with E-state index in [2.05, 4.69) is 6.07 Å². The SMILES string of the molecule is O=c1ccccc(-c2ccc3c(ccc4ccccc43)[o+]2)c1O.[O-][Cl+3]([O-])([O-])[O-]. The van der Waals surface area contributed by atoms with Gasteiger partial charge in [-0.1, -0.05) is 36.4 Å². The van der Waals surface area contributed by atoms with Gasteiger partial charge in [-0.3, -0.25) is 4.79 Å². The third-order valence-corrected chi connectivity index (χ3v) is 3.93. The van der Waals surface area contributed by atoms with Gasteiger partial charge < -0.3 is 5.11 Å². The van der Waals surface area contributed by atoms with E-state index in [-0.39, 0.29) is 5.75 Å². The third kappa shape index (κ3) is 4.61. The summed E-state index contributed by atoms with van der Waals surface area (Å²) in [6.07, 6.45) is 0. The molecule has 0 amide bonds. The van der Waals surface area contributed by atoms with Gasteiger partial charge in [-0.15, -0.1) is 10.2 Å². The highest BCUT2D eigenvalue weighted by molar-refractivity contribution is 6.05. The highest BCUT2D eigenvalue weighted by Gasteiger charge is 2.19. The minimum absolute atomic E-state index is 0.307. The fraction of sp³-hybridized carbons (Fsp3) is 0. The molecule has 1 aromatic heterocycles. The molecule has 1 heterocycles. The largest absolute Gasteiger partial charge is 0.503 e. The molecule has 0 aliphatic heterocycles. The third-order valence-electron chi connectivity index (χ3n) is 3.93. The van der Waals surface area contributed by atoms with E-state index in [1.165, 1.54) is 6.07 Å². The Bertz CT molecular complexity index is 1200. The lowest BCUT2D eigenvalue weighted by molar-refractivity contribution is -2.00. The van der Waals surface area contributed by atoms with E-state index in [1.54, 1.807) is 24.3 Å². The molecular formula is C20H13ClO7. The zero-order chi connectivity index (χ0) is 20.3. The molecular weight excluding hydrogens is 388 g/mol. The molecule has 28 heavy (non-hydrogen) atoms. The Labute approximate surface area is 160 Å². The number of rotatable bonds is 1. The Morgan fingerprint density at radius 2 is 1.39 bits per heavy atom. The van der Waals surface area contributed by atoms with Crippen LogP contribution in [-0.4, -0.2) is 5.11 Å². The number of aromatic hydroxyl groups is 1. The van der Waals surface area contributed by atoms with Crippen LogP contribution in [0.5, 0.6) is 5.75 Å². The summed E-state index contributed by atoms with van der Waals surface area (Å²) in [4.78, 5) is 11.8. The van der Waals surface area contributed by atoms with Crippen molar-refractivity contribution in [2.75, 3.05) is 0 Å². The maximum Gasteiger partial charge on any atom is 0.364 e. The monoisotopic (exact) mass is 400 g/mol. The van der Waals surface area contributed by atoms with Crippen molar-refractivity contribution >= 4 is 21.7 Å². The van der Waals surface area contributed by atoms with Crippen molar-refractivity contribution in [3.8, 4) is 17.1 Å². The van der Waals surface area contributed by atoms with E-state index in [4.69, 9.17) is 23.1 Å². The van der Waals surface area contributed by atoms with Crippen LogP contribution < -0.4 is 24.1 Å². The number of fused-ring (bicyclic) bond motifs is 3. The first-order valence-corrected chi connectivity index (χ1v) is 9.16. The molecule has 4 rings (SSSR count). The molecule has 0 atom stereocenters. The van der Waals surface area contributed by atoms with Crippen molar-refractivity contribution in [1.82, 2.24) is 0 Å². The molecule has 4 aromatic rings. The van der Waals surface area contributed by atoms with Crippen molar-refractivity contribution in [3.05, 3.63) is 83.0 Å². The van der Waals surface area contributed by atoms with Crippen LogP contribution in [0.15, 0.2) is 82.0 Å². The number of halogens is 1. The van der Waals surface area contributed by atoms with E-state index in [0.29, 0.717) is 16.9 Å². The second kappa shape index (κ2) is 7.89. The predicted molar refractivity (Wildman–Crippen MR) is 91.5 cm³/mol. The number of hydrogen-bond acceptors (Lipinski definition) is 6. The van der Waals surface area contributed by atoms with E-state index >= 15 is 0 Å². The maximum absolute atomic E-state index is 11.8. The van der Waals surface area contributed by atoms with E-state index in [0.717, 1.165) is 16.2 Å². The molecule has 0 spiro atoms. The van der Waals surface area contributed by atoms with Crippen molar-refractivity contribution in [1.29, 1.82) is 0 Å². The smallest absolute Gasteiger partial charge is 0.364 e. The summed E-state index contributed by atoms with van der Waals surface area (Å²) >= 11 is 0. The van der Waals surface area contributed by atoms with Crippen molar-refractivity contribution in [3.63, 3.8) is 0 Å². The van der Waals surface area contributed by atoms with Crippen LogP contribution in [0.2, 0.25) is 0 Å². The first-order valence-electron chi connectivity index (χ1n) is 7.93. The van der Waals surface area contributed by atoms with E-state index in [1.807, 2.05) is 36.4 Å². The topological polar surface area (TPSA) is 141 Å². The fourth-order valence-corrected chi connectivity index (χ4v) is 2.78. The van der Waals surface area contributed by atoms with Crippen LogP contribution in [0, 0.1) is 10.2 Å². The second-order valence-corrected chi connectivity index (χ2v) is 6.48. The summed E-state index contributed by atoms with van der Waals surface area (Å²) in [6.45, 7) is 0. The molecule has 0 fully saturated rings. The summed E-state index contributed by atoms with van der Waals surface area (Å²) in [5.74, 6) is 0.150. The Kier molecular flexibility index (Phi) is 5.55. The lowest BCUT2D eigenvalue weighted by Crippen LogP contribution is -2.68. The van der Waals surface area contributed by atoms with Crippen LogP contribution in [0.3, 0.4) is 0 Å². The highest BCUT2D eigenvalue weighted by Crippen LogP contribution is 2.31. The maximum atomic E-state index is 11.8. The lowest BCUT2D eigenvalue weighted by atomic mass is 10.1. The second-order valence-electron chi connectivity index (χ2n) is 5.72. The first-order chi connectivity index (χ1) is 13.2. The molecule has 0 unspecified atom stereocenters. The summed E-state index contributed by atoms with van der Waals surface area (Å²) in [5, 5.41) is 13.3. The minimum atomic E-state index is -4.94. The average Bonchev–Trinajstić information content (AvgIpc) is 2.81. The highest BCUT2D eigenvalue weighted by atomic mass is 35.7. The van der Waals surface area contributed by atoms with Gasteiger partial charge in [0.1, 0.15) is 5.56 Å². The van der Waals surface area contributed by atoms with Crippen LogP contribution >= 0.6 is 0 Å². The van der Waals surface area contributed by atoms with E-state index in [9.17, 15) is 9.90 Å². The van der Waals surface area contributed by atoms with Gasteiger partial charge in [0.15, 0.2) is 5.75 Å².